The summed E-state index contributed by atoms with van der Waals surface area (Å²) in [4.78, 5) is 12.4. The third kappa shape index (κ3) is 9.71. The second kappa shape index (κ2) is 15.3. The Bertz CT molecular complexity index is 789. The molecule has 4 nitrogen and oxygen atoms in total. The molecular weight excluding hydrogens is 407 g/mol. The van der Waals surface area contributed by atoms with E-state index < -0.39 is 11.8 Å². The Labute approximate surface area is 192 Å². The summed E-state index contributed by atoms with van der Waals surface area (Å²) in [5.41, 5.74) is 0.144. The number of hydrogen-bond acceptors (Lipinski definition) is 4. The smallest absolute Gasteiger partial charge is 0.343 e. The molecule has 0 amide bonds. The van der Waals surface area contributed by atoms with Gasteiger partial charge in [-0.1, -0.05) is 65.2 Å². The zero-order valence-electron chi connectivity index (χ0n) is 19.5. The van der Waals surface area contributed by atoms with E-state index in [4.69, 9.17) is 14.2 Å². The Hall–Kier alpha value is -2.56. The first-order valence-corrected chi connectivity index (χ1v) is 12.0. The van der Waals surface area contributed by atoms with Gasteiger partial charge in [0.1, 0.15) is 11.5 Å². The summed E-state index contributed by atoms with van der Waals surface area (Å²) < 4.78 is 30.9. The van der Waals surface area contributed by atoms with Crippen LogP contribution in [-0.4, -0.2) is 19.2 Å². The highest BCUT2D eigenvalue weighted by Gasteiger charge is 2.13. The first kappa shape index (κ1) is 25.7. The number of carbonyl (C=O) groups is 1. The van der Waals surface area contributed by atoms with Crippen molar-refractivity contribution in [3.8, 4) is 17.2 Å². The van der Waals surface area contributed by atoms with Crippen molar-refractivity contribution in [2.45, 2.75) is 78.1 Å². The van der Waals surface area contributed by atoms with Gasteiger partial charge in [-0.05, 0) is 55.3 Å². The topological polar surface area (TPSA) is 44.8 Å². The highest BCUT2D eigenvalue weighted by molar-refractivity contribution is 5.91. The van der Waals surface area contributed by atoms with E-state index in [1.54, 1.807) is 24.3 Å². The van der Waals surface area contributed by atoms with E-state index in [0.29, 0.717) is 19.0 Å². The molecule has 0 aliphatic rings. The van der Waals surface area contributed by atoms with Gasteiger partial charge in [-0.25, -0.2) is 9.18 Å². The molecule has 176 valence electrons. The Balaban J connectivity index is 1.76. The second-order valence-corrected chi connectivity index (χ2v) is 8.03. The second-order valence-electron chi connectivity index (χ2n) is 8.03. The predicted octanol–water partition coefficient (Wildman–Crippen LogP) is 7.74. The Morgan fingerprint density at radius 2 is 1.28 bits per heavy atom. The summed E-state index contributed by atoms with van der Waals surface area (Å²) in [6.07, 6.45) is 11.4. The van der Waals surface area contributed by atoms with Crippen molar-refractivity contribution in [2.75, 3.05) is 13.2 Å². The summed E-state index contributed by atoms with van der Waals surface area (Å²) in [5, 5.41) is 0. The molecule has 0 N–H and O–H groups in total. The minimum atomic E-state index is -0.611. The number of rotatable bonds is 16. The summed E-state index contributed by atoms with van der Waals surface area (Å²) in [5.74, 6) is 0.115. The Morgan fingerprint density at radius 3 is 1.88 bits per heavy atom. The van der Waals surface area contributed by atoms with Gasteiger partial charge in [0.15, 0.2) is 11.6 Å². The van der Waals surface area contributed by atoms with Crippen LogP contribution in [0.3, 0.4) is 0 Å². The quantitative estimate of drug-likeness (QED) is 0.151. The van der Waals surface area contributed by atoms with E-state index in [1.807, 2.05) is 0 Å². The zero-order chi connectivity index (χ0) is 23.0. The molecule has 0 heterocycles. The van der Waals surface area contributed by atoms with Gasteiger partial charge in [0.05, 0.1) is 18.8 Å². The first-order chi connectivity index (χ1) is 15.6. The minimum Gasteiger partial charge on any atom is -0.494 e. The largest absolute Gasteiger partial charge is 0.494 e. The molecule has 0 fully saturated rings. The van der Waals surface area contributed by atoms with Crippen LogP contribution in [0.15, 0.2) is 42.5 Å². The molecule has 0 saturated carbocycles. The van der Waals surface area contributed by atoms with Crippen LogP contribution in [0.2, 0.25) is 0 Å². The van der Waals surface area contributed by atoms with Crippen LogP contribution in [0.5, 0.6) is 17.2 Å². The van der Waals surface area contributed by atoms with Crippen molar-refractivity contribution in [1.29, 1.82) is 0 Å². The number of hydrogen-bond donors (Lipinski definition) is 0. The Morgan fingerprint density at radius 1 is 0.719 bits per heavy atom. The van der Waals surface area contributed by atoms with E-state index >= 15 is 0 Å². The summed E-state index contributed by atoms with van der Waals surface area (Å²) in [7, 11) is 0. The van der Waals surface area contributed by atoms with Crippen LogP contribution < -0.4 is 14.2 Å². The van der Waals surface area contributed by atoms with Crippen molar-refractivity contribution in [3.63, 3.8) is 0 Å². The first-order valence-electron chi connectivity index (χ1n) is 12.0. The van der Waals surface area contributed by atoms with Crippen LogP contribution in [0, 0.1) is 5.82 Å². The van der Waals surface area contributed by atoms with E-state index in [9.17, 15) is 9.18 Å². The molecule has 2 aromatic rings. The van der Waals surface area contributed by atoms with Crippen molar-refractivity contribution < 1.29 is 23.4 Å². The van der Waals surface area contributed by atoms with Crippen LogP contribution in [0.4, 0.5) is 4.39 Å². The van der Waals surface area contributed by atoms with Gasteiger partial charge in [-0.3, -0.25) is 0 Å². The molecule has 0 radical (unpaired) electrons. The molecule has 0 saturated heterocycles. The maximum absolute atomic E-state index is 14.3. The molecular formula is C27H37FO4. The van der Waals surface area contributed by atoms with E-state index in [-0.39, 0.29) is 11.3 Å². The number of esters is 1. The van der Waals surface area contributed by atoms with Gasteiger partial charge < -0.3 is 14.2 Å². The molecule has 0 aromatic heterocycles. The highest BCUT2D eigenvalue weighted by atomic mass is 19.1. The van der Waals surface area contributed by atoms with Crippen LogP contribution in [0.25, 0.3) is 0 Å². The number of halogens is 1. The normalized spacial score (nSPS) is 10.7. The van der Waals surface area contributed by atoms with Gasteiger partial charge in [0, 0.05) is 0 Å². The maximum Gasteiger partial charge on any atom is 0.343 e. The standard InChI is InChI=1S/C27H37FO4/c1-3-5-7-9-11-19-30-23-14-16-24(17-15-23)32-27(29)22-13-18-26(25(28)21-22)31-20-12-10-8-6-4-2/h13-18,21H,3-12,19-20H2,1-2H3. The molecule has 32 heavy (non-hydrogen) atoms. The van der Waals surface area contributed by atoms with Crippen LogP contribution >= 0.6 is 0 Å². The lowest BCUT2D eigenvalue weighted by molar-refractivity contribution is 0.0734. The number of carbonyl (C=O) groups excluding carboxylic acids is 1. The third-order valence-corrected chi connectivity index (χ3v) is 5.22. The molecule has 0 unspecified atom stereocenters. The minimum absolute atomic E-state index is 0.144. The number of ether oxygens (including phenoxy) is 3. The monoisotopic (exact) mass is 444 g/mol. The highest BCUT2D eigenvalue weighted by Crippen LogP contribution is 2.22. The fourth-order valence-corrected chi connectivity index (χ4v) is 3.30. The van der Waals surface area contributed by atoms with Gasteiger partial charge in [-0.2, -0.15) is 0 Å². The van der Waals surface area contributed by atoms with Gasteiger partial charge in [-0.15, -0.1) is 0 Å². The fraction of sp³-hybridized carbons (Fsp3) is 0.519. The number of benzene rings is 2. The fourth-order valence-electron chi connectivity index (χ4n) is 3.30. The SMILES string of the molecule is CCCCCCCOc1ccc(OC(=O)c2ccc(OCCCCCCC)c(F)c2)cc1. The summed E-state index contributed by atoms with van der Waals surface area (Å²) >= 11 is 0. The lowest BCUT2D eigenvalue weighted by atomic mass is 10.2. The third-order valence-electron chi connectivity index (χ3n) is 5.22. The molecule has 0 spiro atoms. The average Bonchev–Trinajstić information content (AvgIpc) is 2.80. The molecule has 0 bridgehead atoms. The Kier molecular flexibility index (Phi) is 12.3. The van der Waals surface area contributed by atoms with Gasteiger partial charge in [0.25, 0.3) is 0 Å². The van der Waals surface area contributed by atoms with Crippen molar-refractivity contribution in [2.24, 2.45) is 0 Å². The van der Waals surface area contributed by atoms with Crippen molar-refractivity contribution in [3.05, 3.63) is 53.8 Å². The maximum atomic E-state index is 14.3. The number of unbranched alkanes of at least 4 members (excludes halogenated alkanes) is 8. The molecule has 2 rings (SSSR count). The van der Waals surface area contributed by atoms with Gasteiger partial charge >= 0.3 is 5.97 Å². The lowest BCUT2D eigenvalue weighted by Gasteiger charge is -2.10. The molecule has 0 atom stereocenters. The lowest BCUT2D eigenvalue weighted by Crippen LogP contribution is -2.09. The average molecular weight is 445 g/mol. The predicted molar refractivity (Wildman–Crippen MR) is 126 cm³/mol. The summed E-state index contributed by atoms with van der Waals surface area (Å²) in [6.45, 7) is 5.51. The molecule has 0 aliphatic carbocycles. The van der Waals surface area contributed by atoms with Gasteiger partial charge in [0.2, 0.25) is 0 Å². The van der Waals surface area contributed by atoms with Crippen LogP contribution in [-0.2, 0) is 0 Å². The van der Waals surface area contributed by atoms with E-state index in [2.05, 4.69) is 13.8 Å². The zero-order valence-corrected chi connectivity index (χ0v) is 19.5. The van der Waals surface area contributed by atoms with Crippen molar-refractivity contribution >= 4 is 5.97 Å². The van der Waals surface area contributed by atoms with Crippen molar-refractivity contribution in [1.82, 2.24) is 0 Å². The summed E-state index contributed by atoms with van der Waals surface area (Å²) in [6, 6.07) is 11.1. The van der Waals surface area contributed by atoms with E-state index in [1.165, 1.54) is 57.1 Å². The van der Waals surface area contributed by atoms with E-state index in [0.717, 1.165) is 31.1 Å². The molecule has 0 aliphatic heterocycles. The molecule has 5 heteroatoms. The molecule has 2 aromatic carbocycles. The van der Waals surface area contributed by atoms with Crippen LogP contribution in [0.1, 0.15) is 88.4 Å².